The standard InChI is InChI=1S/C22H25F6N7O2/c1-32-8-10-34(11-9-32)15-5-3-4-13(21(23,24)25)16(15)14-7-6-12-17(29)33(2)20(30)35(18(12)31-14)37-19(36)22(26,27)28/h3-7,17,20H,8-11,29-30H2,1-2H3. The Morgan fingerprint density at radius 3 is 2.24 bits per heavy atom. The molecule has 0 radical (unpaired) electrons. The van der Waals surface area contributed by atoms with Crippen molar-refractivity contribution in [3.8, 4) is 11.3 Å². The van der Waals surface area contributed by atoms with E-state index < -0.39 is 42.2 Å². The van der Waals surface area contributed by atoms with E-state index in [9.17, 15) is 31.1 Å². The molecule has 0 amide bonds. The van der Waals surface area contributed by atoms with E-state index in [2.05, 4.69) is 9.82 Å². The number of carbonyl (C=O) groups is 1. The zero-order valence-corrected chi connectivity index (χ0v) is 19.8. The fraction of sp³-hybridized carbons (Fsp3) is 0.455. The van der Waals surface area contributed by atoms with Crippen LogP contribution in [0.2, 0.25) is 0 Å². The highest BCUT2D eigenvalue weighted by atomic mass is 19.4. The van der Waals surface area contributed by atoms with Crippen molar-refractivity contribution in [3.63, 3.8) is 0 Å². The van der Waals surface area contributed by atoms with Crippen molar-refractivity contribution in [1.29, 1.82) is 0 Å². The molecule has 4 N–H and O–H groups in total. The molecule has 0 bridgehead atoms. The van der Waals surface area contributed by atoms with Crippen molar-refractivity contribution >= 4 is 17.5 Å². The number of benzene rings is 1. The van der Waals surface area contributed by atoms with Gasteiger partial charge in [-0.15, -0.1) is 0 Å². The van der Waals surface area contributed by atoms with Gasteiger partial charge in [0.25, 0.3) is 0 Å². The number of anilines is 2. The number of pyridine rings is 1. The van der Waals surface area contributed by atoms with Crippen molar-refractivity contribution < 1.29 is 36.0 Å². The second-order valence-corrected chi connectivity index (χ2v) is 8.82. The maximum atomic E-state index is 14.1. The van der Waals surface area contributed by atoms with Crippen LogP contribution in [0.5, 0.6) is 0 Å². The van der Waals surface area contributed by atoms with Gasteiger partial charge in [-0.25, -0.2) is 9.78 Å². The van der Waals surface area contributed by atoms with Gasteiger partial charge in [0, 0.05) is 43.0 Å². The first-order chi connectivity index (χ1) is 17.2. The molecule has 0 spiro atoms. The average Bonchev–Trinajstić information content (AvgIpc) is 2.83. The smallest absolute Gasteiger partial charge is 0.368 e. The number of fused-ring (bicyclic) bond motifs is 1. The number of nitrogens with two attached hydrogens (primary N) is 2. The van der Waals surface area contributed by atoms with Crippen molar-refractivity contribution in [2.24, 2.45) is 11.5 Å². The summed E-state index contributed by atoms with van der Waals surface area (Å²) in [5.74, 6) is -2.96. The lowest BCUT2D eigenvalue weighted by molar-refractivity contribution is -0.204. The fourth-order valence-corrected chi connectivity index (χ4v) is 4.28. The van der Waals surface area contributed by atoms with E-state index in [0.29, 0.717) is 31.2 Å². The lowest BCUT2D eigenvalue weighted by Gasteiger charge is -2.42. The molecule has 1 saturated heterocycles. The Morgan fingerprint density at radius 1 is 1.00 bits per heavy atom. The van der Waals surface area contributed by atoms with Crippen LogP contribution in [0.1, 0.15) is 17.3 Å². The van der Waals surface area contributed by atoms with Crippen molar-refractivity contribution in [3.05, 3.63) is 41.5 Å². The third-order valence-electron chi connectivity index (χ3n) is 6.39. The highest BCUT2D eigenvalue weighted by Gasteiger charge is 2.46. The predicted octanol–water partition coefficient (Wildman–Crippen LogP) is 2.49. The molecule has 3 heterocycles. The van der Waals surface area contributed by atoms with Gasteiger partial charge in [0.2, 0.25) is 0 Å². The Balaban J connectivity index is 1.88. The third-order valence-corrected chi connectivity index (χ3v) is 6.39. The van der Waals surface area contributed by atoms with Crippen LogP contribution in [-0.2, 0) is 15.8 Å². The molecule has 2 aliphatic rings. The highest BCUT2D eigenvalue weighted by Crippen LogP contribution is 2.44. The van der Waals surface area contributed by atoms with Crippen LogP contribution in [0.4, 0.5) is 37.8 Å². The summed E-state index contributed by atoms with van der Waals surface area (Å²) in [6, 6.07) is 6.36. The van der Waals surface area contributed by atoms with Crippen LogP contribution in [0.25, 0.3) is 11.3 Å². The van der Waals surface area contributed by atoms with Crippen LogP contribution in [0.15, 0.2) is 30.3 Å². The molecule has 37 heavy (non-hydrogen) atoms. The van der Waals surface area contributed by atoms with E-state index in [4.69, 9.17) is 11.5 Å². The Kier molecular flexibility index (Phi) is 7.00. The van der Waals surface area contributed by atoms with Gasteiger partial charge in [-0.05, 0) is 32.3 Å². The lowest BCUT2D eigenvalue weighted by atomic mass is 9.98. The molecule has 2 atom stereocenters. The number of hydroxylamine groups is 1. The highest BCUT2D eigenvalue weighted by molar-refractivity contribution is 5.82. The molecular weight excluding hydrogens is 508 g/mol. The molecule has 202 valence electrons. The molecule has 1 fully saturated rings. The molecule has 2 aliphatic heterocycles. The average molecular weight is 533 g/mol. The number of piperazine rings is 1. The van der Waals surface area contributed by atoms with E-state index in [0.717, 1.165) is 6.07 Å². The van der Waals surface area contributed by atoms with Crippen LogP contribution in [0, 0.1) is 0 Å². The Morgan fingerprint density at radius 2 is 1.65 bits per heavy atom. The Bertz CT molecular complexity index is 1170. The van der Waals surface area contributed by atoms with Crippen LogP contribution >= 0.6 is 0 Å². The van der Waals surface area contributed by atoms with Gasteiger partial charge in [0.05, 0.1) is 17.4 Å². The van der Waals surface area contributed by atoms with Crippen molar-refractivity contribution in [2.75, 3.05) is 50.2 Å². The topological polar surface area (TPSA) is 104 Å². The summed E-state index contributed by atoms with van der Waals surface area (Å²) in [4.78, 5) is 25.4. The minimum Gasteiger partial charge on any atom is -0.368 e. The largest absolute Gasteiger partial charge is 0.493 e. The molecule has 15 heteroatoms. The summed E-state index contributed by atoms with van der Waals surface area (Å²) in [7, 11) is 3.28. The summed E-state index contributed by atoms with van der Waals surface area (Å²) in [5, 5.41) is 0.406. The lowest BCUT2D eigenvalue weighted by Crippen LogP contribution is -2.60. The molecule has 0 saturated carbocycles. The van der Waals surface area contributed by atoms with Gasteiger partial charge in [0.1, 0.15) is 0 Å². The van der Waals surface area contributed by atoms with E-state index >= 15 is 0 Å². The summed E-state index contributed by atoms with van der Waals surface area (Å²) in [6.45, 7) is 2.13. The van der Waals surface area contributed by atoms with Crippen molar-refractivity contribution in [2.45, 2.75) is 24.8 Å². The monoisotopic (exact) mass is 533 g/mol. The summed E-state index contributed by atoms with van der Waals surface area (Å²) in [5.41, 5.74) is 11.0. The van der Waals surface area contributed by atoms with Crippen LogP contribution < -0.4 is 21.4 Å². The number of alkyl halides is 6. The van der Waals surface area contributed by atoms with Crippen LogP contribution in [0.3, 0.4) is 0 Å². The molecule has 9 nitrogen and oxygen atoms in total. The Hall–Kier alpha value is -3.14. The van der Waals surface area contributed by atoms with E-state index in [-0.39, 0.29) is 22.5 Å². The number of aromatic nitrogens is 1. The zero-order chi connectivity index (χ0) is 27.3. The summed E-state index contributed by atoms with van der Waals surface area (Å²) >= 11 is 0. The summed E-state index contributed by atoms with van der Waals surface area (Å²) < 4.78 is 81.3. The second kappa shape index (κ2) is 9.63. The first-order valence-electron chi connectivity index (χ1n) is 11.2. The quantitative estimate of drug-likeness (QED) is 0.576. The maximum absolute atomic E-state index is 14.1. The molecule has 4 rings (SSSR count). The van der Waals surface area contributed by atoms with E-state index in [1.807, 2.05) is 11.9 Å². The summed E-state index contributed by atoms with van der Waals surface area (Å²) in [6.07, 6.45) is -12.6. The SMILES string of the molecule is CN1CCN(c2cccc(C(F)(F)F)c2-c2ccc3c(n2)N(OC(=O)C(F)(F)F)C(N)N(C)C3N)CC1. The number of hydrogen-bond acceptors (Lipinski definition) is 9. The number of rotatable bonds is 3. The fourth-order valence-electron chi connectivity index (χ4n) is 4.28. The molecular formula is C22H25F6N7O2. The molecule has 1 aromatic carbocycles. The normalized spacial score (nSPS) is 21.7. The number of likely N-dealkylation sites (N-methyl/N-ethyl adjacent to an activating group) is 1. The first kappa shape index (κ1) is 26.9. The third kappa shape index (κ3) is 5.16. The number of halogens is 6. The Labute approximate surface area is 208 Å². The number of hydrogen-bond donors (Lipinski definition) is 2. The van der Waals surface area contributed by atoms with E-state index in [1.165, 1.54) is 36.2 Å². The molecule has 2 aromatic rings. The number of nitrogens with zero attached hydrogens (tertiary/aromatic N) is 5. The predicted molar refractivity (Wildman–Crippen MR) is 122 cm³/mol. The van der Waals surface area contributed by atoms with Gasteiger partial charge in [-0.1, -0.05) is 12.1 Å². The van der Waals surface area contributed by atoms with E-state index in [1.54, 1.807) is 4.90 Å². The minimum atomic E-state index is -5.35. The molecule has 0 aliphatic carbocycles. The van der Waals surface area contributed by atoms with Gasteiger partial charge >= 0.3 is 18.3 Å². The maximum Gasteiger partial charge on any atom is 0.493 e. The second-order valence-electron chi connectivity index (χ2n) is 8.82. The zero-order valence-electron chi connectivity index (χ0n) is 19.8. The molecule has 2 unspecified atom stereocenters. The number of carbonyl (C=O) groups excluding carboxylic acids is 1. The van der Waals surface area contributed by atoms with Gasteiger partial charge < -0.3 is 20.4 Å². The van der Waals surface area contributed by atoms with Gasteiger partial charge in [-0.3, -0.25) is 10.6 Å². The van der Waals surface area contributed by atoms with Gasteiger partial charge in [0.15, 0.2) is 12.1 Å². The first-order valence-corrected chi connectivity index (χ1v) is 11.2. The van der Waals surface area contributed by atoms with Crippen molar-refractivity contribution in [1.82, 2.24) is 14.8 Å². The molecule has 1 aromatic heterocycles. The minimum absolute atomic E-state index is 0.105. The van der Waals surface area contributed by atoms with Crippen LogP contribution in [-0.4, -0.2) is 73.5 Å². The van der Waals surface area contributed by atoms with Gasteiger partial charge in [-0.2, -0.15) is 31.4 Å².